The number of allylic oxidation sites excluding steroid dienone is 2. The quantitative estimate of drug-likeness (QED) is 0.747. The van der Waals surface area contributed by atoms with E-state index in [0.29, 0.717) is 17.7 Å². The van der Waals surface area contributed by atoms with Gasteiger partial charge in [0.15, 0.2) is 0 Å². The van der Waals surface area contributed by atoms with Crippen molar-refractivity contribution in [3.8, 4) is 0 Å². The van der Waals surface area contributed by atoms with Crippen molar-refractivity contribution in [1.82, 2.24) is 0 Å². The van der Waals surface area contributed by atoms with Crippen LogP contribution >= 0.6 is 0 Å². The van der Waals surface area contributed by atoms with Crippen molar-refractivity contribution in [3.63, 3.8) is 0 Å². The van der Waals surface area contributed by atoms with Gasteiger partial charge < -0.3 is 10.1 Å². The van der Waals surface area contributed by atoms with Crippen molar-refractivity contribution >= 4 is 11.7 Å². The van der Waals surface area contributed by atoms with E-state index < -0.39 is 0 Å². The predicted molar refractivity (Wildman–Crippen MR) is 69.2 cm³/mol. The fraction of sp³-hybridized carbons (Fsp3) is 0.571. The maximum atomic E-state index is 11.9. The SMILES string of the molecule is CC1=CC(C(=O)OC(C)C)=CC(C)(C)CC1=N. The second-order valence-corrected chi connectivity index (χ2v) is 5.53. The monoisotopic (exact) mass is 235 g/mol. The third-order valence-corrected chi connectivity index (χ3v) is 2.61. The maximum absolute atomic E-state index is 11.9. The average Bonchev–Trinajstić information content (AvgIpc) is 2.22. The molecule has 3 heteroatoms. The summed E-state index contributed by atoms with van der Waals surface area (Å²) in [6, 6.07) is 0. The van der Waals surface area contributed by atoms with Gasteiger partial charge in [-0.2, -0.15) is 0 Å². The highest BCUT2D eigenvalue weighted by molar-refractivity contribution is 6.02. The Morgan fingerprint density at radius 1 is 1.47 bits per heavy atom. The average molecular weight is 235 g/mol. The van der Waals surface area contributed by atoms with E-state index in [9.17, 15) is 4.79 Å². The number of hydrogen-bond acceptors (Lipinski definition) is 3. The van der Waals surface area contributed by atoms with Gasteiger partial charge in [-0.1, -0.05) is 19.9 Å². The zero-order chi connectivity index (χ0) is 13.2. The molecule has 3 nitrogen and oxygen atoms in total. The van der Waals surface area contributed by atoms with E-state index in [-0.39, 0.29) is 17.5 Å². The summed E-state index contributed by atoms with van der Waals surface area (Å²) in [6.07, 6.45) is 4.18. The first-order valence-electron chi connectivity index (χ1n) is 5.91. The molecule has 0 bridgehead atoms. The van der Waals surface area contributed by atoms with Gasteiger partial charge in [0.1, 0.15) is 0 Å². The van der Waals surface area contributed by atoms with Gasteiger partial charge in [0.05, 0.1) is 11.7 Å². The molecule has 0 fully saturated rings. The van der Waals surface area contributed by atoms with Gasteiger partial charge in [-0.15, -0.1) is 0 Å². The van der Waals surface area contributed by atoms with Gasteiger partial charge in [-0.25, -0.2) is 4.79 Å². The number of carbonyl (C=O) groups is 1. The lowest BCUT2D eigenvalue weighted by atomic mass is 9.86. The van der Waals surface area contributed by atoms with E-state index in [1.54, 1.807) is 6.08 Å². The first kappa shape index (κ1) is 13.7. The summed E-state index contributed by atoms with van der Waals surface area (Å²) in [4.78, 5) is 11.9. The Morgan fingerprint density at radius 3 is 2.59 bits per heavy atom. The molecule has 94 valence electrons. The molecular weight excluding hydrogens is 214 g/mol. The largest absolute Gasteiger partial charge is 0.459 e. The van der Waals surface area contributed by atoms with Crippen LogP contribution < -0.4 is 0 Å². The number of esters is 1. The van der Waals surface area contributed by atoms with Gasteiger partial charge in [0.25, 0.3) is 0 Å². The molecule has 0 unspecified atom stereocenters. The molecule has 0 aromatic heterocycles. The summed E-state index contributed by atoms with van der Waals surface area (Å²) in [5, 5.41) is 7.91. The molecule has 0 saturated heterocycles. The number of rotatable bonds is 2. The Labute approximate surface area is 103 Å². The molecule has 0 aliphatic heterocycles. The Morgan fingerprint density at radius 2 is 2.06 bits per heavy atom. The fourth-order valence-electron chi connectivity index (χ4n) is 1.83. The highest BCUT2D eigenvalue weighted by Crippen LogP contribution is 2.30. The maximum Gasteiger partial charge on any atom is 0.338 e. The lowest BCUT2D eigenvalue weighted by molar-refractivity contribution is -0.142. The van der Waals surface area contributed by atoms with Gasteiger partial charge in [0, 0.05) is 5.71 Å². The molecule has 0 atom stereocenters. The Kier molecular flexibility index (Phi) is 3.91. The normalized spacial score (nSPS) is 19.5. The van der Waals surface area contributed by atoms with Crippen molar-refractivity contribution in [2.24, 2.45) is 5.41 Å². The van der Waals surface area contributed by atoms with Crippen LogP contribution in [0.15, 0.2) is 23.3 Å². The van der Waals surface area contributed by atoms with Crippen LogP contribution in [0, 0.1) is 10.8 Å². The third kappa shape index (κ3) is 3.84. The third-order valence-electron chi connectivity index (χ3n) is 2.61. The molecule has 0 saturated carbocycles. The summed E-state index contributed by atoms with van der Waals surface area (Å²) in [5.74, 6) is -0.304. The number of ether oxygens (including phenoxy) is 1. The van der Waals surface area contributed by atoms with Crippen LogP contribution in [0.25, 0.3) is 0 Å². The molecule has 1 aliphatic carbocycles. The molecule has 0 heterocycles. The molecule has 0 aromatic carbocycles. The van der Waals surface area contributed by atoms with Crippen LogP contribution in [0.1, 0.15) is 41.0 Å². The van der Waals surface area contributed by atoms with Crippen LogP contribution in [-0.2, 0) is 9.53 Å². The van der Waals surface area contributed by atoms with Crippen LogP contribution in [0.2, 0.25) is 0 Å². The second-order valence-electron chi connectivity index (χ2n) is 5.53. The van der Waals surface area contributed by atoms with Crippen molar-refractivity contribution in [1.29, 1.82) is 5.41 Å². The fourth-order valence-corrected chi connectivity index (χ4v) is 1.83. The summed E-state index contributed by atoms with van der Waals surface area (Å²) >= 11 is 0. The predicted octanol–water partition coefficient (Wildman–Crippen LogP) is 3.26. The minimum atomic E-state index is -0.304. The molecule has 0 radical (unpaired) electrons. The Hall–Kier alpha value is -1.38. The number of hydrogen-bond donors (Lipinski definition) is 1. The number of carbonyl (C=O) groups excluding carboxylic acids is 1. The van der Waals surface area contributed by atoms with Gasteiger partial charge in [-0.3, -0.25) is 0 Å². The first-order chi connectivity index (χ1) is 7.71. The highest BCUT2D eigenvalue weighted by Gasteiger charge is 2.25. The van der Waals surface area contributed by atoms with E-state index >= 15 is 0 Å². The Bertz CT molecular complexity index is 400. The second kappa shape index (κ2) is 4.86. The Balaban J connectivity index is 3.05. The summed E-state index contributed by atoms with van der Waals surface area (Å²) in [7, 11) is 0. The zero-order valence-electron chi connectivity index (χ0n) is 11.3. The minimum Gasteiger partial charge on any atom is -0.459 e. The van der Waals surface area contributed by atoms with Crippen LogP contribution in [0.4, 0.5) is 0 Å². The molecular formula is C14H21NO2. The molecule has 0 amide bonds. The van der Waals surface area contributed by atoms with Gasteiger partial charge in [-0.05, 0) is 44.3 Å². The molecule has 1 rings (SSSR count). The summed E-state index contributed by atoms with van der Waals surface area (Å²) in [5.41, 5.74) is 1.79. The van der Waals surface area contributed by atoms with Crippen LogP contribution in [0.5, 0.6) is 0 Å². The van der Waals surface area contributed by atoms with E-state index in [2.05, 4.69) is 0 Å². The smallest absolute Gasteiger partial charge is 0.338 e. The standard InChI is InChI=1S/C14H21NO2/c1-9(2)17-13(16)11-6-10(3)12(15)8-14(4,5)7-11/h6-7,9,15H,8H2,1-5H3. The van der Waals surface area contributed by atoms with Crippen LogP contribution in [0.3, 0.4) is 0 Å². The molecule has 1 N–H and O–H groups in total. The van der Waals surface area contributed by atoms with E-state index in [0.717, 1.165) is 5.57 Å². The van der Waals surface area contributed by atoms with Crippen molar-refractivity contribution in [2.45, 2.75) is 47.1 Å². The highest BCUT2D eigenvalue weighted by atomic mass is 16.5. The van der Waals surface area contributed by atoms with Gasteiger partial charge >= 0.3 is 5.97 Å². The van der Waals surface area contributed by atoms with Crippen LogP contribution in [-0.4, -0.2) is 17.8 Å². The molecule has 1 aliphatic rings. The van der Waals surface area contributed by atoms with Crippen molar-refractivity contribution < 1.29 is 9.53 Å². The van der Waals surface area contributed by atoms with E-state index in [1.807, 2.05) is 40.7 Å². The lowest BCUT2D eigenvalue weighted by Gasteiger charge is -2.19. The topological polar surface area (TPSA) is 50.2 Å². The van der Waals surface area contributed by atoms with E-state index in [1.165, 1.54) is 0 Å². The van der Waals surface area contributed by atoms with Gasteiger partial charge in [0.2, 0.25) is 0 Å². The molecule has 0 aromatic rings. The molecule has 17 heavy (non-hydrogen) atoms. The van der Waals surface area contributed by atoms with Crippen molar-refractivity contribution in [2.75, 3.05) is 0 Å². The number of nitrogens with one attached hydrogen (secondary N) is 1. The summed E-state index contributed by atoms with van der Waals surface area (Å²) in [6.45, 7) is 9.57. The zero-order valence-corrected chi connectivity index (χ0v) is 11.3. The van der Waals surface area contributed by atoms with E-state index in [4.69, 9.17) is 10.1 Å². The van der Waals surface area contributed by atoms with Crippen molar-refractivity contribution in [3.05, 3.63) is 23.3 Å². The molecule has 0 spiro atoms. The summed E-state index contributed by atoms with van der Waals surface area (Å²) < 4.78 is 5.20. The minimum absolute atomic E-state index is 0.122. The lowest BCUT2D eigenvalue weighted by Crippen LogP contribution is -2.16. The first-order valence-corrected chi connectivity index (χ1v) is 5.91.